The van der Waals surface area contributed by atoms with Gasteiger partial charge in [-0.15, -0.1) is 0 Å². The first-order valence-corrected chi connectivity index (χ1v) is 16.1. The summed E-state index contributed by atoms with van der Waals surface area (Å²) < 4.78 is 22.6. The highest BCUT2D eigenvalue weighted by Gasteiger charge is 2.39. The lowest BCUT2D eigenvalue weighted by molar-refractivity contribution is -0.129. The van der Waals surface area contributed by atoms with Crippen molar-refractivity contribution >= 4 is 29.8 Å². The summed E-state index contributed by atoms with van der Waals surface area (Å²) in [5.41, 5.74) is 3.87. The third kappa shape index (κ3) is 8.39. The van der Waals surface area contributed by atoms with Crippen molar-refractivity contribution in [2.45, 2.75) is 32.0 Å². The van der Waals surface area contributed by atoms with E-state index in [9.17, 15) is 9.59 Å². The van der Waals surface area contributed by atoms with Gasteiger partial charge in [0.15, 0.2) is 17.6 Å². The van der Waals surface area contributed by atoms with E-state index in [1.54, 1.807) is 13.4 Å². The van der Waals surface area contributed by atoms with Crippen LogP contribution in [0.5, 0.6) is 11.5 Å². The number of anilines is 1. The van der Waals surface area contributed by atoms with E-state index in [1.807, 2.05) is 66.7 Å². The number of benzene rings is 3. The molecule has 2 aliphatic heterocycles. The molecule has 6 rings (SSSR count). The van der Waals surface area contributed by atoms with Crippen LogP contribution >= 0.6 is 0 Å². The molecule has 0 spiro atoms. The van der Waals surface area contributed by atoms with Crippen molar-refractivity contribution in [1.29, 1.82) is 0 Å². The number of imide groups is 1. The minimum Gasteiger partial charge on any atom is -0.493 e. The van der Waals surface area contributed by atoms with Crippen LogP contribution in [0.25, 0.3) is 12.2 Å². The number of nitrogens with zero attached hydrogens (tertiary/aromatic N) is 4. The second-order valence-corrected chi connectivity index (χ2v) is 11.6. The molecule has 0 saturated carbocycles. The lowest BCUT2D eigenvalue weighted by Gasteiger charge is -2.36. The largest absolute Gasteiger partial charge is 0.493 e. The van der Waals surface area contributed by atoms with Crippen molar-refractivity contribution in [3.05, 3.63) is 108 Å². The second-order valence-electron chi connectivity index (χ2n) is 11.6. The molecular formula is C37H40N4O6. The molecule has 4 aromatic rings. The molecular weight excluding hydrogens is 596 g/mol. The second kappa shape index (κ2) is 15.5. The molecule has 0 aliphatic carbocycles. The number of ether oxygens (including phenoxy) is 3. The minimum absolute atomic E-state index is 0.193. The Balaban J connectivity index is 0.951. The molecule has 3 aromatic carbocycles. The van der Waals surface area contributed by atoms with E-state index < -0.39 is 12.2 Å². The van der Waals surface area contributed by atoms with Gasteiger partial charge in [0.25, 0.3) is 5.91 Å². The number of carbonyl (C=O) groups is 2. The average molecular weight is 637 g/mol. The summed E-state index contributed by atoms with van der Waals surface area (Å²) in [6.07, 6.45) is 5.60. The highest BCUT2D eigenvalue weighted by molar-refractivity contribution is 6.00. The van der Waals surface area contributed by atoms with Gasteiger partial charge in [-0.1, -0.05) is 54.6 Å². The smallest absolute Gasteiger partial charge is 0.417 e. The van der Waals surface area contributed by atoms with Crippen LogP contribution in [0.1, 0.15) is 35.6 Å². The molecule has 2 fully saturated rings. The normalized spacial score (nSPS) is 17.0. The van der Waals surface area contributed by atoms with E-state index in [-0.39, 0.29) is 12.5 Å². The lowest BCUT2D eigenvalue weighted by atomic mass is 10.1. The number of methoxy groups -OCH3 is 1. The van der Waals surface area contributed by atoms with Gasteiger partial charge in [0.2, 0.25) is 5.89 Å². The topological polar surface area (TPSA) is 97.6 Å². The highest BCUT2D eigenvalue weighted by atomic mass is 16.6. The van der Waals surface area contributed by atoms with Crippen molar-refractivity contribution in [3.63, 3.8) is 0 Å². The molecule has 1 atom stereocenters. The number of rotatable bonds is 14. The molecule has 2 saturated heterocycles. The molecule has 10 heteroatoms. The molecule has 0 N–H and O–H groups in total. The van der Waals surface area contributed by atoms with Gasteiger partial charge in [-0.25, -0.2) is 14.7 Å². The number of aryl methyl sites for hydroxylation is 1. The van der Waals surface area contributed by atoms with E-state index in [0.717, 1.165) is 43.9 Å². The fourth-order valence-electron chi connectivity index (χ4n) is 5.84. The van der Waals surface area contributed by atoms with Gasteiger partial charge in [-0.3, -0.25) is 9.69 Å². The predicted octanol–water partition coefficient (Wildman–Crippen LogP) is 5.92. The van der Waals surface area contributed by atoms with Crippen molar-refractivity contribution in [2.24, 2.45) is 0 Å². The number of aromatic nitrogens is 1. The van der Waals surface area contributed by atoms with Crippen LogP contribution in [0.4, 0.5) is 10.5 Å². The Morgan fingerprint density at radius 2 is 1.66 bits per heavy atom. The first kappa shape index (κ1) is 31.9. The quantitative estimate of drug-likeness (QED) is 0.167. The Morgan fingerprint density at radius 3 is 2.43 bits per heavy atom. The fraction of sp³-hybridized carbons (Fsp3) is 0.324. The summed E-state index contributed by atoms with van der Waals surface area (Å²) in [4.78, 5) is 36.1. The van der Waals surface area contributed by atoms with E-state index in [0.29, 0.717) is 48.9 Å². The number of para-hydroxylation sites is 1. The van der Waals surface area contributed by atoms with E-state index in [1.165, 1.54) is 10.6 Å². The number of amides is 2. The maximum Gasteiger partial charge on any atom is 0.417 e. The third-order valence-electron chi connectivity index (χ3n) is 8.44. The molecule has 1 unspecified atom stereocenters. The molecule has 47 heavy (non-hydrogen) atoms. The first-order valence-electron chi connectivity index (χ1n) is 16.1. The zero-order valence-electron chi connectivity index (χ0n) is 26.6. The van der Waals surface area contributed by atoms with Gasteiger partial charge >= 0.3 is 6.09 Å². The SMILES string of the molecule is COc1ccc(CCC2OC(=O)N(CCCN3CCN(c4ccccc4)CC3)C2=O)cc1OCc1coc(/C=C/c2ccccc2)n1. The molecule has 2 amide bonds. The number of carbonyl (C=O) groups excluding carboxylic acids is 2. The molecule has 1 aromatic heterocycles. The first-order chi connectivity index (χ1) is 23.1. The van der Waals surface area contributed by atoms with Crippen LogP contribution in [-0.4, -0.2) is 79.3 Å². The van der Waals surface area contributed by atoms with E-state index in [2.05, 4.69) is 39.0 Å². The number of oxazole rings is 1. The Hall–Kier alpha value is -5.09. The van der Waals surface area contributed by atoms with Crippen molar-refractivity contribution in [3.8, 4) is 11.5 Å². The summed E-state index contributed by atoms with van der Waals surface area (Å²) in [6.45, 7) is 5.22. The molecule has 2 aliphatic rings. The molecule has 0 radical (unpaired) electrons. The summed E-state index contributed by atoms with van der Waals surface area (Å²) in [6, 6.07) is 26.0. The Bertz CT molecular complexity index is 1650. The Labute approximate surface area is 275 Å². The van der Waals surface area contributed by atoms with Crippen molar-refractivity contribution < 1.29 is 28.2 Å². The fourth-order valence-corrected chi connectivity index (χ4v) is 5.84. The van der Waals surface area contributed by atoms with Gasteiger partial charge in [0.1, 0.15) is 18.6 Å². The van der Waals surface area contributed by atoms with E-state index in [4.69, 9.17) is 18.6 Å². The van der Waals surface area contributed by atoms with Crippen molar-refractivity contribution in [2.75, 3.05) is 51.3 Å². The molecule has 10 nitrogen and oxygen atoms in total. The van der Waals surface area contributed by atoms with Crippen LogP contribution in [0.15, 0.2) is 89.5 Å². The maximum atomic E-state index is 13.1. The average Bonchev–Trinajstić information content (AvgIpc) is 3.69. The predicted molar refractivity (Wildman–Crippen MR) is 179 cm³/mol. The van der Waals surface area contributed by atoms with Crippen LogP contribution < -0.4 is 14.4 Å². The molecule has 0 bridgehead atoms. The zero-order valence-corrected chi connectivity index (χ0v) is 26.6. The number of cyclic esters (lactones) is 1. The van der Waals surface area contributed by atoms with Gasteiger partial charge in [0.05, 0.1) is 7.11 Å². The number of hydrogen-bond acceptors (Lipinski definition) is 9. The number of hydrogen-bond donors (Lipinski definition) is 0. The zero-order chi connectivity index (χ0) is 32.4. The monoisotopic (exact) mass is 636 g/mol. The van der Waals surface area contributed by atoms with Crippen LogP contribution in [-0.2, 0) is 22.6 Å². The highest BCUT2D eigenvalue weighted by Crippen LogP contribution is 2.30. The van der Waals surface area contributed by atoms with Crippen molar-refractivity contribution in [1.82, 2.24) is 14.8 Å². The summed E-state index contributed by atoms with van der Waals surface area (Å²) >= 11 is 0. The molecule has 3 heterocycles. The standard InChI is InChI=1S/C37H40N4O6/c1-44-32-16-13-29(25-34(32)45-26-30-27-46-35(38-30)18-15-28-9-4-2-5-10-28)14-17-33-36(42)41(37(43)47-33)20-8-19-39-21-23-40(24-22-39)31-11-6-3-7-12-31/h2-7,9-13,15-16,18,25,27,33H,8,14,17,19-24,26H2,1H3/b18-15+. The van der Waals surface area contributed by atoms with E-state index >= 15 is 0 Å². The van der Waals surface area contributed by atoms with Gasteiger partial charge in [-0.05, 0) is 67.3 Å². The maximum absolute atomic E-state index is 13.1. The molecule has 244 valence electrons. The van der Waals surface area contributed by atoms with Gasteiger partial charge in [0, 0.05) is 44.5 Å². The summed E-state index contributed by atoms with van der Waals surface area (Å²) in [5.74, 6) is 1.35. The number of piperazine rings is 1. The van der Waals surface area contributed by atoms with Gasteiger partial charge in [-0.2, -0.15) is 0 Å². The Morgan fingerprint density at radius 1 is 0.894 bits per heavy atom. The summed E-state index contributed by atoms with van der Waals surface area (Å²) in [7, 11) is 1.58. The van der Waals surface area contributed by atoms with Gasteiger partial charge < -0.3 is 23.5 Å². The third-order valence-corrected chi connectivity index (χ3v) is 8.44. The summed E-state index contributed by atoms with van der Waals surface area (Å²) in [5, 5.41) is 0. The van der Waals surface area contributed by atoms with Crippen LogP contribution in [0, 0.1) is 0 Å². The minimum atomic E-state index is -0.791. The lowest BCUT2D eigenvalue weighted by Crippen LogP contribution is -2.47. The van der Waals surface area contributed by atoms with Crippen LogP contribution in [0.3, 0.4) is 0 Å². The Kier molecular flexibility index (Phi) is 10.5. The van der Waals surface area contributed by atoms with Crippen LogP contribution in [0.2, 0.25) is 0 Å².